The van der Waals surface area contributed by atoms with Crippen LogP contribution in [0.25, 0.3) is 0 Å². The summed E-state index contributed by atoms with van der Waals surface area (Å²) < 4.78 is 43.2. The van der Waals surface area contributed by atoms with Gasteiger partial charge in [0, 0.05) is 12.2 Å². The van der Waals surface area contributed by atoms with Crippen molar-refractivity contribution in [3.8, 4) is 6.07 Å². The van der Waals surface area contributed by atoms with Gasteiger partial charge in [-0.05, 0) is 36.4 Å². The number of halogens is 1. The molecule has 10 heteroatoms. The van der Waals surface area contributed by atoms with Crippen LogP contribution in [0, 0.1) is 17.1 Å². The van der Waals surface area contributed by atoms with Crippen LogP contribution in [-0.2, 0) is 19.6 Å². The molecule has 0 saturated heterocycles. The summed E-state index contributed by atoms with van der Waals surface area (Å²) in [5.74, 6) is -2.00. The molecule has 0 aliphatic rings. The Labute approximate surface area is 167 Å². The van der Waals surface area contributed by atoms with Gasteiger partial charge in [0.15, 0.2) is 6.61 Å². The molecule has 0 fully saturated rings. The van der Waals surface area contributed by atoms with E-state index in [9.17, 15) is 22.4 Å². The van der Waals surface area contributed by atoms with E-state index in [4.69, 9.17) is 10.00 Å². The Morgan fingerprint density at radius 2 is 1.83 bits per heavy atom. The lowest BCUT2D eigenvalue weighted by Crippen LogP contribution is -2.35. The van der Waals surface area contributed by atoms with E-state index in [2.05, 4.69) is 4.72 Å². The third-order valence-corrected chi connectivity index (χ3v) is 4.25. The maximum Gasteiger partial charge on any atom is 0.340 e. The monoisotopic (exact) mass is 419 g/mol. The van der Waals surface area contributed by atoms with Crippen molar-refractivity contribution >= 4 is 33.3 Å². The second kappa shape index (κ2) is 9.66. The summed E-state index contributed by atoms with van der Waals surface area (Å²) in [6, 6.07) is 12.8. The number of nitrogens with zero attached hydrogens (tertiary/aromatic N) is 2. The van der Waals surface area contributed by atoms with Gasteiger partial charge in [-0.25, -0.2) is 17.6 Å². The lowest BCUT2D eigenvalue weighted by atomic mass is 10.2. The summed E-state index contributed by atoms with van der Waals surface area (Å²) in [5, 5.41) is 8.79. The van der Waals surface area contributed by atoms with Gasteiger partial charge in [-0.1, -0.05) is 12.1 Å². The molecule has 0 spiro atoms. The van der Waals surface area contributed by atoms with E-state index in [0.717, 1.165) is 6.26 Å². The van der Waals surface area contributed by atoms with Crippen molar-refractivity contribution in [2.45, 2.75) is 6.42 Å². The van der Waals surface area contributed by atoms with Crippen LogP contribution >= 0.6 is 0 Å². The number of carbonyl (C=O) groups is 2. The summed E-state index contributed by atoms with van der Waals surface area (Å²) in [6.45, 7) is -0.612. The smallest absolute Gasteiger partial charge is 0.340 e. The van der Waals surface area contributed by atoms with Crippen LogP contribution in [0.5, 0.6) is 0 Å². The lowest BCUT2D eigenvalue weighted by Gasteiger charge is -2.21. The first kappa shape index (κ1) is 21.8. The SMILES string of the molecule is CS(=O)(=O)Nc1ccccc1C(=O)OCC(=O)N(CCC#N)c1ccc(F)cc1. The van der Waals surface area contributed by atoms with Crippen LogP contribution in [0.4, 0.5) is 15.8 Å². The topological polar surface area (TPSA) is 117 Å². The van der Waals surface area contributed by atoms with Gasteiger partial charge in [-0.2, -0.15) is 5.26 Å². The number of para-hydroxylation sites is 1. The predicted molar refractivity (Wildman–Crippen MR) is 104 cm³/mol. The molecule has 0 heterocycles. The fourth-order valence-corrected chi connectivity index (χ4v) is 2.99. The van der Waals surface area contributed by atoms with Crippen molar-refractivity contribution in [1.29, 1.82) is 5.26 Å². The Morgan fingerprint density at radius 3 is 2.45 bits per heavy atom. The quantitative estimate of drug-likeness (QED) is 0.656. The highest BCUT2D eigenvalue weighted by molar-refractivity contribution is 7.92. The Hall–Kier alpha value is -3.45. The zero-order valence-corrected chi connectivity index (χ0v) is 16.3. The molecule has 0 atom stereocenters. The molecule has 29 heavy (non-hydrogen) atoms. The average Bonchev–Trinajstić information content (AvgIpc) is 2.67. The van der Waals surface area contributed by atoms with Gasteiger partial charge in [0.1, 0.15) is 5.82 Å². The van der Waals surface area contributed by atoms with Crippen LogP contribution in [0.3, 0.4) is 0 Å². The maximum absolute atomic E-state index is 13.1. The van der Waals surface area contributed by atoms with E-state index >= 15 is 0 Å². The fraction of sp³-hybridized carbons (Fsp3) is 0.211. The molecule has 1 amide bonds. The molecule has 0 aliphatic carbocycles. The van der Waals surface area contributed by atoms with E-state index in [1.54, 1.807) is 0 Å². The van der Waals surface area contributed by atoms with Crippen LogP contribution in [0.1, 0.15) is 16.8 Å². The second-order valence-electron chi connectivity index (χ2n) is 5.93. The molecule has 0 aliphatic heterocycles. The lowest BCUT2D eigenvalue weighted by molar-refractivity contribution is -0.121. The Bertz CT molecular complexity index is 1030. The third kappa shape index (κ3) is 6.58. The zero-order chi connectivity index (χ0) is 21.4. The van der Waals surface area contributed by atoms with Crippen molar-refractivity contribution in [3.63, 3.8) is 0 Å². The number of rotatable bonds is 8. The van der Waals surface area contributed by atoms with Gasteiger partial charge >= 0.3 is 5.97 Å². The van der Waals surface area contributed by atoms with Gasteiger partial charge in [-0.3, -0.25) is 9.52 Å². The first-order valence-corrected chi connectivity index (χ1v) is 10.3. The van der Waals surface area contributed by atoms with E-state index in [1.807, 2.05) is 6.07 Å². The van der Waals surface area contributed by atoms with Gasteiger partial charge in [0.2, 0.25) is 10.0 Å². The van der Waals surface area contributed by atoms with Crippen molar-refractivity contribution < 1.29 is 27.1 Å². The molecular formula is C19H18FN3O5S. The van der Waals surface area contributed by atoms with Crippen LogP contribution in [0.15, 0.2) is 48.5 Å². The van der Waals surface area contributed by atoms with E-state index in [0.29, 0.717) is 5.69 Å². The Morgan fingerprint density at radius 1 is 1.17 bits per heavy atom. The molecule has 0 bridgehead atoms. The molecular weight excluding hydrogens is 401 g/mol. The van der Waals surface area contributed by atoms with E-state index < -0.39 is 34.3 Å². The number of nitrogens with one attached hydrogen (secondary N) is 1. The number of esters is 1. The molecule has 0 radical (unpaired) electrons. The van der Waals surface area contributed by atoms with E-state index in [-0.39, 0.29) is 24.2 Å². The largest absolute Gasteiger partial charge is 0.452 e. The normalized spacial score (nSPS) is 10.7. The van der Waals surface area contributed by atoms with Gasteiger partial charge in [-0.15, -0.1) is 0 Å². The number of sulfonamides is 1. The molecule has 0 aromatic heterocycles. The Kier molecular flexibility index (Phi) is 7.27. The first-order valence-electron chi connectivity index (χ1n) is 8.38. The number of benzene rings is 2. The minimum atomic E-state index is -3.62. The van der Waals surface area contributed by atoms with Gasteiger partial charge in [0.25, 0.3) is 5.91 Å². The average molecular weight is 419 g/mol. The van der Waals surface area contributed by atoms with Gasteiger partial charge in [0.05, 0.1) is 30.0 Å². The van der Waals surface area contributed by atoms with Crippen LogP contribution in [-0.4, -0.2) is 39.7 Å². The third-order valence-electron chi connectivity index (χ3n) is 3.66. The molecule has 2 rings (SSSR count). The highest BCUT2D eigenvalue weighted by atomic mass is 32.2. The molecule has 0 unspecified atom stereocenters. The molecule has 1 N–H and O–H groups in total. The minimum absolute atomic E-state index is 0.0207. The minimum Gasteiger partial charge on any atom is -0.452 e. The summed E-state index contributed by atoms with van der Waals surface area (Å²) in [4.78, 5) is 26.1. The molecule has 0 saturated carbocycles. The van der Waals surface area contributed by atoms with Crippen molar-refractivity contribution in [1.82, 2.24) is 0 Å². The molecule has 2 aromatic rings. The number of amides is 1. The van der Waals surface area contributed by atoms with Crippen LogP contribution in [0.2, 0.25) is 0 Å². The summed E-state index contributed by atoms with van der Waals surface area (Å²) in [7, 11) is -3.62. The maximum atomic E-state index is 13.1. The second-order valence-corrected chi connectivity index (χ2v) is 7.67. The summed E-state index contributed by atoms with van der Waals surface area (Å²) >= 11 is 0. The standard InChI is InChI=1S/C19H18FN3O5S/c1-29(26,27)22-17-6-3-2-5-16(17)19(25)28-13-18(24)23(12-4-11-21)15-9-7-14(20)8-10-15/h2-3,5-10,22H,4,12-13H2,1H3. The Balaban J connectivity index is 2.12. The number of hydrogen-bond acceptors (Lipinski definition) is 6. The number of hydrogen-bond donors (Lipinski definition) is 1. The molecule has 2 aromatic carbocycles. The summed E-state index contributed by atoms with van der Waals surface area (Å²) in [5.41, 5.74) is 0.310. The number of nitriles is 1. The van der Waals surface area contributed by atoms with E-state index in [1.165, 1.54) is 53.4 Å². The van der Waals surface area contributed by atoms with Gasteiger partial charge < -0.3 is 9.64 Å². The van der Waals surface area contributed by atoms with Crippen molar-refractivity contribution in [3.05, 3.63) is 59.9 Å². The zero-order valence-electron chi connectivity index (χ0n) is 15.5. The van der Waals surface area contributed by atoms with Crippen molar-refractivity contribution in [2.24, 2.45) is 0 Å². The number of carbonyl (C=O) groups excluding carboxylic acids is 2. The van der Waals surface area contributed by atoms with Crippen LogP contribution < -0.4 is 9.62 Å². The highest BCUT2D eigenvalue weighted by Gasteiger charge is 2.20. The number of ether oxygens (including phenoxy) is 1. The van der Waals surface area contributed by atoms with Crippen molar-refractivity contribution in [2.75, 3.05) is 29.0 Å². The highest BCUT2D eigenvalue weighted by Crippen LogP contribution is 2.19. The fourth-order valence-electron chi connectivity index (χ4n) is 2.41. The predicted octanol–water partition coefficient (Wildman–Crippen LogP) is 2.30. The molecule has 152 valence electrons. The number of anilines is 2. The first-order chi connectivity index (χ1) is 13.7. The summed E-state index contributed by atoms with van der Waals surface area (Å²) in [6.07, 6.45) is 0.965. The molecule has 8 nitrogen and oxygen atoms in total.